The molecule has 0 aliphatic heterocycles. The Hall–Kier alpha value is -4.93. The normalized spacial score (nSPS) is 10.3. The number of anilines is 1. The number of hydrogen-bond donors (Lipinski definition) is 1. The Labute approximate surface area is 272 Å². The lowest BCUT2D eigenvalue weighted by molar-refractivity contribution is 0.0591. The Morgan fingerprint density at radius 2 is 1.44 bits per heavy atom. The number of rotatable bonds is 9. The van der Waals surface area contributed by atoms with Crippen molar-refractivity contribution < 1.29 is 28.5 Å². The number of carbonyl (C=O) groups excluding carboxylic acids is 1. The molecule has 5 rings (SSSR count). The number of fused-ring (bicyclic) bond motifs is 1. The molecule has 236 valence electrons. The number of esters is 1. The smallest absolute Gasteiger partial charge is 0.355 e. The highest BCUT2D eigenvalue weighted by molar-refractivity contribution is 6.08. The maximum atomic E-state index is 14.3. The number of nitrogens with two attached hydrogens (primary N) is 1. The molecule has 45 heavy (non-hydrogen) atoms. The minimum absolute atomic E-state index is 0. The van der Waals surface area contributed by atoms with Crippen LogP contribution in [0.15, 0.2) is 77.7 Å². The van der Waals surface area contributed by atoms with Crippen molar-refractivity contribution in [3.8, 4) is 39.8 Å². The number of halogens is 2. The number of pyridine rings is 2. The lowest BCUT2D eigenvalue weighted by Gasteiger charge is -2.21. The van der Waals surface area contributed by atoms with Crippen molar-refractivity contribution in [1.82, 2.24) is 9.55 Å². The lowest BCUT2D eigenvalue weighted by atomic mass is 9.94. The van der Waals surface area contributed by atoms with Crippen LogP contribution in [0.2, 0.25) is 0 Å². The first-order valence-corrected chi connectivity index (χ1v) is 13.3. The second kappa shape index (κ2) is 14.7. The van der Waals surface area contributed by atoms with Crippen LogP contribution in [0, 0.1) is 6.92 Å². The van der Waals surface area contributed by atoms with E-state index in [0.29, 0.717) is 56.6 Å². The Morgan fingerprint density at radius 3 is 2.00 bits per heavy atom. The fraction of sp³-hybridized carbons (Fsp3) is 0.182. The average molecular weight is 655 g/mol. The molecular weight excluding hydrogens is 621 g/mol. The van der Waals surface area contributed by atoms with Gasteiger partial charge in [-0.15, -0.1) is 24.8 Å². The predicted octanol–water partition coefficient (Wildman–Crippen LogP) is 6.18. The van der Waals surface area contributed by atoms with E-state index < -0.39 is 11.5 Å². The van der Waals surface area contributed by atoms with Gasteiger partial charge in [0.15, 0.2) is 11.5 Å². The van der Waals surface area contributed by atoms with Gasteiger partial charge in [0.05, 0.1) is 39.5 Å². The van der Waals surface area contributed by atoms with Crippen LogP contribution in [0.5, 0.6) is 23.0 Å². The maximum absolute atomic E-state index is 14.3. The van der Waals surface area contributed by atoms with Gasteiger partial charge in [0.25, 0.3) is 5.56 Å². The predicted molar refractivity (Wildman–Crippen MR) is 178 cm³/mol. The van der Waals surface area contributed by atoms with Gasteiger partial charge in [-0.1, -0.05) is 6.07 Å². The molecular formula is C33H33Cl2N3O7. The number of aromatic nitrogens is 2. The number of benzene rings is 3. The summed E-state index contributed by atoms with van der Waals surface area (Å²) in [6, 6.07) is 19.0. The number of nitrogens with zero attached hydrogens (tertiary/aromatic N) is 2. The molecule has 12 heteroatoms. The molecule has 0 radical (unpaired) electrons. The maximum Gasteiger partial charge on any atom is 0.355 e. The molecule has 2 aromatic heterocycles. The molecule has 3 aromatic carbocycles. The van der Waals surface area contributed by atoms with Crippen LogP contribution in [0.3, 0.4) is 0 Å². The summed E-state index contributed by atoms with van der Waals surface area (Å²) in [5.41, 5.74) is 8.82. The van der Waals surface area contributed by atoms with Crippen molar-refractivity contribution in [3.63, 3.8) is 0 Å². The number of hydrogen-bond acceptors (Lipinski definition) is 9. The Balaban J connectivity index is 0.00000276. The van der Waals surface area contributed by atoms with Gasteiger partial charge in [-0.2, -0.15) is 0 Å². The van der Waals surface area contributed by atoms with Crippen LogP contribution in [0.4, 0.5) is 5.69 Å². The molecule has 0 amide bonds. The van der Waals surface area contributed by atoms with Crippen LogP contribution < -0.4 is 30.2 Å². The van der Waals surface area contributed by atoms with E-state index in [2.05, 4.69) is 4.98 Å². The molecule has 0 saturated carbocycles. The topological polar surface area (TPSA) is 124 Å². The summed E-state index contributed by atoms with van der Waals surface area (Å²) in [7, 11) is 5.87. The molecule has 0 unspecified atom stereocenters. The summed E-state index contributed by atoms with van der Waals surface area (Å²) in [6.45, 7) is 2.01. The molecule has 2 N–H and O–H groups in total. The Bertz CT molecular complexity index is 1850. The van der Waals surface area contributed by atoms with Crippen molar-refractivity contribution in [2.75, 3.05) is 34.2 Å². The fourth-order valence-corrected chi connectivity index (χ4v) is 5.00. The van der Waals surface area contributed by atoms with Crippen LogP contribution in [0.1, 0.15) is 21.7 Å². The third kappa shape index (κ3) is 6.62. The zero-order valence-electron chi connectivity index (χ0n) is 25.3. The highest BCUT2D eigenvalue weighted by Gasteiger charge is 2.28. The number of methoxy groups -OCH3 is 4. The van der Waals surface area contributed by atoms with Gasteiger partial charge >= 0.3 is 5.97 Å². The molecule has 10 nitrogen and oxygen atoms in total. The standard InChI is InChI=1S/C33H31N3O7.2ClH/c1-19-26(39-2)14-20(15-27(19)40-3)30-24-16-28(41-4)29(43-18-22-8-6-7-13-35-22)17-25(24)32(37)36(31(30)33(38)42-5)23-11-9-21(34)10-12-23;;/h6-17H,18,34H2,1-5H3;2*1H. The van der Waals surface area contributed by atoms with Crippen molar-refractivity contribution in [1.29, 1.82) is 0 Å². The molecule has 0 aliphatic carbocycles. The van der Waals surface area contributed by atoms with Crippen LogP contribution >= 0.6 is 24.8 Å². The van der Waals surface area contributed by atoms with Crippen LogP contribution in [-0.2, 0) is 11.3 Å². The largest absolute Gasteiger partial charge is 0.496 e. The highest BCUT2D eigenvalue weighted by Crippen LogP contribution is 2.42. The lowest BCUT2D eigenvalue weighted by Crippen LogP contribution is -2.27. The minimum atomic E-state index is -0.723. The van der Waals surface area contributed by atoms with Gasteiger partial charge in [0, 0.05) is 34.1 Å². The van der Waals surface area contributed by atoms with E-state index >= 15 is 0 Å². The molecule has 5 aromatic rings. The first-order chi connectivity index (χ1) is 20.8. The van der Waals surface area contributed by atoms with Crippen LogP contribution in [0.25, 0.3) is 27.6 Å². The first-order valence-electron chi connectivity index (χ1n) is 13.3. The second-order valence-corrected chi connectivity index (χ2v) is 9.61. The van der Waals surface area contributed by atoms with E-state index in [0.717, 1.165) is 5.56 Å². The van der Waals surface area contributed by atoms with Crippen molar-refractivity contribution in [2.24, 2.45) is 0 Å². The summed E-state index contributed by atoms with van der Waals surface area (Å²) in [6.07, 6.45) is 1.67. The van der Waals surface area contributed by atoms with Crippen molar-refractivity contribution >= 4 is 47.2 Å². The van der Waals surface area contributed by atoms with Gasteiger partial charge in [-0.3, -0.25) is 14.3 Å². The molecule has 0 spiro atoms. The average Bonchev–Trinajstić information content (AvgIpc) is 3.04. The first kappa shape index (κ1) is 34.6. The summed E-state index contributed by atoms with van der Waals surface area (Å²) < 4.78 is 29.6. The SMILES string of the molecule is COC(=O)c1c(-c2cc(OC)c(C)c(OC)c2)c2cc(OC)c(OCc3ccccn3)cc2c(=O)n1-c1ccc(N)cc1.Cl.Cl. The molecule has 0 atom stereocenters. The number of ether oxygens (including phenoxy) is 5. The molecule has 0 bridgehead atoms. The van der Waals surface area contributed by atoms with Crippen molar-refractivity contribution in [3.05, 3.63) is 100 Å². The van der Waals surface area contributed by atoms with Gasteiger partial charge in [0.2, 0.25) is 0 Å². The number of nitrogen functional groups attached to an aromatic ring is 1. The Morgan fingerprint density at radius 1 is 0.822 bits per heavy atom. The summed E-state index contributed by atoms with van der Waals surface area (Å²) in [5.74, 6) is 1.03. The fourth-order valence-electron chi connectivity index (χ4n) is 5.00. The van der Waals surface area contributed by atoms with Crippen LogP contribution in [-0.4, -0.2) is 44.0 Å². The van der Waals surface area contributed by atoms with Gasteiger partial charge < -0.3 is 29.4 Å². The van der Waals surface area contributed by atoms with Crippen molar-refractivity contribution in [2.45, 2.75) is 13.5 Å². The second-order valence-electron chi connectivity index (χ2n) is 9.61. The quantitative estimate of drug-likeness (QED) is 0.147. The summed E-state index contributed by atoms with van der Waals surface area (Å²) >= 11 is 0. The minimum Gasteiger partial charge on any atom is -0.496 e. The number of carbonyl (C=O) groups is 1. The molecule has 0 saturated heterocycles. The van der Waals surface area contributed by atoms with E-state index in [1.165, 1.54) is 18.8 Å². The summed E-state index contributed by atoms with van der Waals surface area (Å²) in [5, 5.41) is 0.710. The van der Waals surface area contributed by atoms with E-state index in [-0.39, 0.29) is 42.5 Å². The van der Waals surface area contributed by atoms with Gasteiger partial charge in [0.1, 0.15) is 23.8 Å². The molecule has 0 aliphatic rings. The highest BCUT2D eigenvalue weighted by atomic mass is 35.5. The third-order valence-electron chi connectivity index (χ3n) is 7.14. The zero-order chi connectivity index (χ0) is 30.7. The van der Waals surface area contributed by atoms with E-state index in [9.17, 15) is 9.59 Å². The summed E-state index contributed by atoms with van der Waals surface area (Å²) in [4.78, 5) is 32.2. The monoisotopic (exact) mass is 653 g/mol. The van der Waals surface area contributed by atoms with E-state index in [1.54, 1.807) is 68.9 Å². The third-order valence-corrected chi connectivity index (χ3v) is 7.14. The van der Waals surface area contributed by atoms with E-state index in [1.807, 2.05) is 25.1 Å². The zero-order valence-corrected chi connectivity index (χ0v) is 26.9. The molecule has 0 fully saturated rings. The molecule has 2 heterocycles. The van der Waals surface area contributed by atoms with E-state index in [4.69, 9.17) is 29.4 Å². The van der Waals surface area contributed by atoms with Gasteiger partial charge in [-0.25, -0.2) is 4.79 Å². The Kier molecular flexibility index (Phi) is 11.3. The van der Waals surface area contributed by atoms with Gasteiger partial charge in [-0.05, 0) is 73.2 Å².